The van der Waals surface area contributed by atoms with Crippen molar-refractivity contribution in [3.05, 3.63) is 45.8 Å². The zero-order chi connectivity index (χ0) is 15.9. The number of ether oxygens (including phenoxy) is 1. The molecular formula is C14H16N2O4S2. The summed E-state index contributed by atoms with van der Waals surface area (Å²) in [7, 11) is 1.30. The summed E-state index contributed by atoms with van der Waals surface area (Å²) in [6.45, 7) is 2.06. The van der Waals surface area contributed by atoms with Gasteiger partial charge in [0.15, 0.2) is 5.16 Å². The molecule has 0 unspecified atom stereocenters. The fraction of sp³-hybridized carbons (Fsp3) is 0.357. The maximum atomic E-state index is 11.6. The number of nitrogens with zero attached hydrogens (tertiary/aromatic N) is 1. The van der Waals surface area contributed by atoms with Crippen LogP contribution in [0.15, 0.2) is 32.6 Å². The molecule has 6 nitrogen and oxygen atoms in total. The fourth-order valence-electron chi connectivity index (χ4n) is 1.64. The van der Waals surface area contributed by atoms with E-state index in [2.05, 4.69) is 21.6 Å². The highest BCUT2D eigenvalue weighted by atomic mass is 32.2. The number of H-pyrrole nitrogens is 1. The Morgan fingerprint density at radius 3 is 2.95 bits per heavy atom. The summed E-state index contributed by atoms with van der Waals surface area (Å²) in [5.41, 5.74) is 0.590. The molecule has 0 aromatic carbocycles. The molecule has 2 rings (SSSR count). The number of aromatic nitrogens is 2. The second-order valence-electron chi connectivity index (χ2n) is 4.23. The van der Waals surface area contributed by atoms with Gasteiger partial charge in [-0.3, -0.25) is 4.79 Å². The van der Waals surface area contributed by atoms with Crippen LogP contribution < -0.4 is 5.56 Å². The van der Waals surface area contributed by atoms with Crippen LogP contribution in [-0.2, 0) is 16.2 Å². The normalized spacial score (nSPS) is 10.6. The lowest BCUT2D eigenvalue weighted by Crippen LogP contribution is -2.09. The Balaban J connectivity index is 2.01. The molecule has 0 saturated heterocycles. The standard InChI is InChI=1S/C14H16N2O4S2/c1-3-21-7-9-6-12(17)16-14(15-9)22-8-10-4-5-11(20-10)13(18)19-2/h4-6H,3,7-8H2,1-2H3,(H,15,16,17). The Hall–Kier alpha value is -1.67. The summed E-state index contributed by atoms with van der Waals surface area (Å²) in [5.74, 6) is 2.40. The Kier molecular flexibility index (Phi) is 6.14. The molecule has 118 valence electrons. The minimum absolute atomic E-state index is 0.160. The van der Waals surface area contributed by atoms with Gasteiger partial charge in [-0.2, -0.15) is 11.8 Å². The molecule has 22 heavy (non-hydrogen) atoms. The zero-order valence-electron chi connectivity index (χ0n) is 12.3. The maximum Gasteiger partial charge on any atom is 0.373 e. The number of carbonyl (C=O) groups is 1. The molecule has 2 heterocycles. The minimum atomic E-state index is -0.513. The summed E-state index contributed by atoms with van der Waals surface area (Å²) >= 11 is 3.05. The van der Waals surface area contributed by atoms with Crippen LogP contribution >= 0.6 is 23.5 Å². The summed E-state index contributed by atoms with van der Waals surface area (Å²) < 4.78 is 9.94. The first-order chi connectivity index (χ1) is 10.6. The Bertz CT molecular complexity index is 696. The lowest BCUT2D eigenvalue weighted by molar-refractivity contribution is 0.0563. The van der Waals surface area contributed by atoms with Crippen LogP contribution in [-0.4, -0.2) is 28.8 Å². The van der Waals surface area contributed by atoms with Crippen molar-refractivity contribution in [1.82, 2.24) is 9.97 Å². The maximum absolute atomic E-state index is 11.6. The lowest BCUT2D eigenvalue weighted by Gasteiger charge is -2.02. The van der Waals surface area contributed by atoms with E-state index >= 15 is 0 Å². The van der Waals surface area contributed by atoms with Crippen molar-refractivity contribution in [2.24, 2.45) is 0 Å². The lowest BCUT2D eigenvalue weighted by atomic mass is 10.4. The third-order valence-corrected chi connectivity index (χ3v) is 4.43. The predicted molar refractivity (Wildman–Crippen MR) is 86.3 cm³/mol. The number of nitrogens with one attached hydrogen (secondary N) is 1. The number of carbonyl (C=O) groups excluding carboxylic acids is 1. The van der Waals surface area contributed by atoms with E-state index in [0.29, 0.717) is 22.4 Å². The molecule has 8 heteroatoms. The molecule has 0 saturated carbocycles. The zero-order valence-corrected chi connectivity index (χ0v) is 13.9. The van der Waals surface area contributed by atoms with Gasteiger partial charge in [0, 0.05) is 11.8 Å². The second kappa shape index (κ2) is 8.09. The first-order valence-electron chi connectivity index (χ1n) is 6.60. The van der Waals surface area contributed by atoms with Gasteiger partial charge in [0.25, 0.3) is 5.56 Å². The second-order valence-corrected chi connectivity index (χ2v) is 6.46. The van der Waals surface area contributed by atoms with Gasteiger partial charge in [-0.1, -0.05) is 18.7 Å². The first-order valence-corrected chi connectivity index (χ1v) is 8.74. The number of aromatic amines is 1. The smallest absolute Gasteiger partial charge is 0.373 e. The molecule has 0 atom stereocenters. The van der Waals surface area contributed by atoms with E-state index in [4.69, 9.17) is 4.42 Å². The van der Waals surface area contributed by atoms with Gasteiger partial charge >= 0.3 is 5.97 Å². The van der Waals surface area contributed by atoms with Crippen molar-refractivity contribution in [2.45, 2.75) is 23.6 Å². The van der Waals surface area contributed by atoms with Crippen LogP contribution in [0.2, 0.25) is 0 Å². The van der Waals surface area contributed by atoms with Crippen LogP contribution in [0.4, 0.5) is 0 Å². The molecule has 0 aliphatic rings. The van der Waals surface area contributed by atoms with E-state index in [1.54, 1.807) is 23.9 Å². The van der Waals surface area contributed by atoms with E-state index < -0.39 is 5.97 Å². The van der Waals surface area contributed by atoms with E-state index in [0.717, 1.165) is 11.4 Å². The molecule has 1 N–H and O–H groups in total. The van der Waals surface area contributed by atoms with E-state index in [1.807, 2.05) is 0 Å². The predicted octanol–water partition coefficient (Wildman–Crippen LogP) is 2.69. The SMILES string of the molecule is CCSCc1cc(=O)[nH]c(SCc2ccc(C(=O)OC)o2)n1. The quantitative estimate of drug-likeness (QED) is 0.471. The third kappa shape index (κ3) is 4.67. The van der Waals surface area contributed by atoms with Crippen molar-refractivity contribution < 1.29 is 13.9 Å². The topological polar surface area (TPSA) is 85.2 Å². The first kappa shape index (κ1) is 16.7. The van der Waals surface area contributed by atoms with Gasteiger partial charge in [0.1, 0.15) is 5.76 Å². The number of furan rings is 1. The minimum Gasteiger partial charge on any atom is -0.463 e. The highest BCUT2D eigenvalue weighted by molar-refractivity contribution is 7.98. The average Bonchev–Trinajstić information content (AvgIpc) is 2.98. The number of methoxy groups -OCH3 is 1. The summed E-state index contributed by atoms with van der Waals surface area (Å²) in [6, 6.07) is 4.77. The van der Waals surface area contributed by atoms with Crippen molar-refractivity contribution in [1.29, 1.82) is 0 Å². The van der Waals surface area contributed by atoms with Crippen LogP contribution in [0.1, 0.15) is 28.9 Å². The number of thioether (sulfide) groups is 2. The summed E-state index contributed by atoms with van der Waals surface area (Å²) in [4.78, 5) is 30.0. The Morgan fingerprint density at radius 2 is 2.23 bits per heavy atom. The van der Waals surface area contributed by atoms with Crippen LogP contribution in [0, 0.1) is 0 Å². The van der Waals surface area contributed by atoms with Gasteiger partial charge in [0.05, 0.1) is 18.6 Å². The summed E-state index contributed by atoms with van der Waals surface area (Å²) in [6.07, 6.45) is 0. The number of hydrogen-bond donors (Lipinski definition) is 1. The molecule has 0 fully saturated rings. The van der Waals surface area contributed by atoms with Crippen molar-refractivity contribution >= 4 is 29.5 Å². The monoisotopic (exact) mass is 340 g/mol. The molecule has 0 radical (unpaired) electrons. The van der Waals surface area contributed by atoms with Crippen molar-refractivity contribution in [2.75, 3.05) is 12.9 Å². The van der Waals surface area contributed by atoms with E-state index in [9.17, 15) is 9.59 Å². The van der Waals surface area contributed by atoms with Crippen molar-refractivity contribution in [3.63, 3.8) is 0 Å². The van der Waals surface area contributed by atoms with Crippen LogP contribution in [0.25, 0.3) is 0 Å². The number of esters is 1. The number of rotatable bonds is 7. The van der Waals surface area contributed by atoms with Gasteiger partial charge in [-0.15, -0.1) is 0 Å². The fourth-order valence-corrected chi connectivity index (χ4v) is 2.99. The third-order valence-electron chi connectivity index (χ3n) is 2.63. The van der Waals surface area contributed by atoms with E-state index in [1.165, 1.54) is 24.9 Å². The molecule has 0 aliphatic carbocycles. The molecule has 2 aromatic heterocycles. The average molecular weight is 340 g/mol. The van der Waals surface area contributed by atoms with Gasteiger partial charge in [0.2, 0.25) is 5.76 Å². The molecule has 0 bridgehead atoms. The highest BCUT2D eigenvalue weighted by Gasteiger charge is 2.11. The Labute approximate surface area is 136 Å². The van der Waals surface area contributed by atoms with Crippen molar-refractivity contribution in [3.8, 4) is 0 Å². The highest BCUT2D eigenvalue weighted by Crippen LogP contribution is 2.21. The summed E-state index contributed by atoms with van der Waals surface area (Å²) in [5, 5.41) is 0.537. The van der Waals surface area contributed by atoms with Crippen LogP contribution in [0.3, 0.4) is 0 Å². The molecule has 0 aliphatic heterocycles. The van der Waals surface area contributed by atoms with Crippen LogP contribution in [0.5, 0.6) is 0 Å². The van der Waals surface area contributed by atoms with Gasteiger partial charge in [-0.05, 0) is 17.9 Å². The number of hydrogen-bond acceptors (Lipinski definition) is 7. The van der Waals surface area contributed by atoms with Gasteiger partial charge in [-0.25, -0.2) is 9.78 Å². The molecule has 2 aromatic rings. The Morgan fingerprint density at radius 1 is 1.41 bits per heavy atom. The molecule has 0 spiro atoms. The molecular weight excluding hydrogens is 324 g/mol. The van der Waals surface area contributed by atoms with Gasteiger partial charge < -0.3 is 14.1 Å². The van der Waals surface area contributed by atoms with E-state index in [-0.39, 0.29) is 11.3 Å². The largest absolute Gasteiger partial charge is 0.463 e. The molecule has 0 amide bonds.